The Labute approximate surface area is 138 Å². The van der Waals surface area contributed by atoms with E-state index in [2.05, 4.69) is 10.3 Å². The van der Waals surface area contributed by atoms with Gasteiger partial charge in [-0.05, 0) is 29.8 Å². The van der Waals surface area contributed by atoms with Crippen molar-refractivity contribution in [3.63, 3.8) is 0 Å². The molecule has 2 aromatic carbocycles. The van der Waals surface area contributed by atoms with Crippen molar-refractivity contribution < 1.29 is 9.21 Å². The number of hydrogen-bond donors (Lipinski definition) is 2. The molecule has 0 unspecified atom stereocenters. The fourth-order valence-electron chi connectivity index (χ4n) is 2.11. The quantitative estimate of drug-likeness (QED) is 0.718. The van der Waals surface area contributed by atoms with Crippen molar-refractivity contribution in [1.82, 2.24) is 10.3 Å². The second-order valence-corrected chi connectivity index (χ2v) is 5.37. The van der Waals surface area contributed by atoms with Gasteiger partial charge in [0, 0.05) is 17.3 Å². The lowest BCUT2D eigenvalue weighted by molar-refractivity contribution is 0.0946. The lowest BCUT2D eigenvalue weighted by Crippen LogP contribution is -2.23. The van der Waals surface area contributed by atoms with Crippen LogP contribution in [0.25, 0.3) is 11.5 Å². The van der Waals surface area contributed by atoms with Crippen LogP contribution in [0.15, 0.2) is 59.2 Å². The number of nitrogen functional groups attached to an aromatic ring is 1. The van der Waals surface area contributed by atoms with Crippen molar-refractivity contribution in [2.24, 2.45) is 0 Å². The van der Waals surface area contributed by atoms with E-state index < -0.39 is 0 Å². The second kappa shape index (κ2) is 6.54. The predicted molar refractivity (Wildman–Crippen MR) is 89.0 cm³/mol. The van der Waals surface area contributed by atoms with Gasteiger partial charge in [0.2, 0.25) is 5.89 Å². The third-order valence-electron chi connectivity index (χ3n) is 3.27. The van der Waals surface area contributed by atoms with Gasteiger partial charge in [-0.3, -0.25) is 4.79 Å². The van der Waals surface area contributed by atoms with Gasteiger partial charge in [-0.15, -0.1) is 0 Å². The first-order valence-corrected chi connectivity index (χ1v) is 7.34. The van der Waals surface area contributed by atoms with Crippen molar-refractivity contribution >= 4 is 23.2 Å². The Morgan fingerprint density at radius 2 is 2.04 bits per heavy atom. The van der Waals surface area contributed by atoms with Gasteiger partial charge in [0.15, 0.2) is 5.69 Å². The molecule has 0 radical (unpaired) electrons. The summed E-state index contributed by atoms with van der Waals surface area (Å²) in [6.07, 6.45) is 1.31. The molecule has 0 spiro atoms. The number of carbonyl (C=O) groups is 1. The molecular weight excluding hydrogens is 314 g/mol. The van der Waals surface area contributed by atoms with Crippen LogP contribution in [0.5, 0.6) is 0 Å². The molecule has 1 amide bonds. The molecule has 0 aliphatic rings. The molecule has 1 aromatic heterocycles. The van der Waals surface area contributed by atoms with Crippen LogP contribution in [-0.2, 0) is 6.54 Å². The zero-order valence-corrected chi connectivity index (χ0v) is 12.9. The summed E-state index contributed by atoms with van der Waals surface area (Å²) in [6.45, 7) is 0.356. The number of benzene rings is 2. The average molecular weight is 328 g/mol. The van der Waals surface area contributed by atoms with Gasteiger partial charge < -0.3 is 15.5 Å². The molecule has 3 rings (SSSR count). The van der Waals surface area contributed by atoms with Gasteiger partial charge in [0.25, 0.3) is 5.91 Å². The molecule has 6 heteroatoms. The SMILES string of the molecule is Nc1ccccc1-c1nc(C(=O)NCc2cccc(Cl)c2)co1. The minimum absolute atomic E-state index is 0.199. The van der Waals surface area contributed by atoms with E-state index in [9.17, 15) is 4.79 Å². The summed E-state index contributed by atoms with van der Waals surface area (Å²) in [5.74, 6) is -0.00881. The lowest BCUT2D eigenvalue weighted by Gasteiger charge is -2.03. The summed E-state index contributed by atoms with van der Waals surface area (Å²) in [5, 5.41) is 3.40. The maximum absolute atomic E-state index is 12.1. The maximum Gasteiger partial charge on any atom is 0.273 e. The summed E-state index contributed by atoms with van der Waals surface area (Å²) in [4.78, 5) is 16.3. The first kappa shape index (κ1) is 15.1. The molecule has 23 heavy (non-hydrogen) atoms. The number of aromatic nitrogens is 1. The van der Waals surface area contributed by atoms with Crippen LogP contribution < -0.4 is 11.1 Å². The maximum atomic E-state index is 12.1. The summed E-state index contributed by atoms with van der Waals surface area (Å²) >= 11 is 5.91. The monoisotopic (exact) mass is 327 g/mol. The van der Waals surface area contributed by atoms with Gasteiger partial charge >= 0.3 is 0 Å². The molecule has 0 aliphatic carbocycles. The minimum Gasteiger partial charge on any atom is -0.444 e. The first-order chi connectivity index (χ1) is 11.1. The Kier molecular flexibility index (Phi) is 4.30. The van der Waals surface area contributed by atoms with Crippen LogP contribution in [0, 0.1) is 0 Å². The highest BCUT2D eigenvalue weighted by molar-refractivity contribution is 6.30. The highest BCUT2D eigenvalue weighted by atomic mass is 35.5. The largest absolute Gasteiger partial charge is 0.444 e. The Morgan fingerprint density at radius 1 is 1.22 bits per heavy atom. The van der Waals surface area contributed by atoms with Gasteiger partial charge in [-0.25, -0.2) is 4.98 Å². The number of oxazole rings is 1. The van der Waals surface area contributed by atoms with E-state index in [4.69, 9.17) is 21.8 Å². The van der Waals surface area contributed by atoms with Gasteiger partial charge in [0.1, 0.15) is 6.26 Å². The zero-order chi connectivity index (χ0) is 16.2. The van der Waals surface area contributed by atoms with Crippen LogP contribution in [0.2, 0.25) is 5.02 Å². The number of anilines is 1. The van der Waals surface area contributed by atoms with Crippen LogP contribution in [-0.4, -0.2) is 10.9 Å². The number of nitrogens with zero attached hydrogens (tertiary/aromatic N) is 1. The molecule has 0 saturated carbocycles. The summed E-state index contributed by atoms with van der Waals surface area (Å²) in [6, 6.07) is 14.5. The Balaban J connectivity index is 1.70. The summed E-state index contributed by atoms with van der Waals surface area (Å²) in [7, 11) is 0. The van der Waals surface area contributed by atoms with Gasteiger partial charge in [0.05, 0.1) is 5.56 Å². The van der Waals surface area contributed by atoms with Crippen LogP contribution in [0.4, 0.5) is 5.69 Å². The molecule has 1 heterocycles. The van der Waals surface area contributed by atoms with E-state index in [-0.39, 0.29) is 11.6 Å². The van der Waals surface area contributed by atoms with Crippen molar-refractivity contribution in [1.29, 1.82) is 0 Å². The van der Waals surface area contributed by atoms with Crippen molar-refractivity contribution in [2.75, 3.05) is 5.73 Å². The highest BCUT2D eigenvalue weighted by Crippen LogP contribution is 2.24. The Morgan fingerprint density at radius 3 is 2.83 bits per heavy atom. The number of nitrogens with one attached hydrogen (secondary N) is 1. The number of hydrogen-bond acceptors (Lipinski definition) is 4. The highest BCUT2D eigenvalue weighted by Gasteiger charge is 2.14. The third kappa shape index (κ3) is 3.52. The van der Waals surface area contributed by atoms with E-state index in [1.54, 1.807) is 24.3 Å². The molecule has 0 saturated heterocycles. The van der Waals surface area contributed by atoms with Crippen LogP contribution in [0.3, 0.4) is 0 Å². The molecule has 116 valence electrons. The number of nitrogens with two attached hydrogens (primary N) is 1. The summed E-state index contributed by atoms with van der Waals surface area (Å²) in [5.41, 5.74) is 8.17. The Hall–Kier alpha value is -2.79. The van der Waals surface area contributed by atoms with E-state index in [1.165, 1.54) is 6.26 Å². The fraction of sp³-hybridized carbons (Fsp3) is 0.0588. The topological polar surface area (TPSA) is 81.1 Å². The minimum atomic E-state index is -0.325. The number of halogens is 1. The molecule has 0 aliphatic heterocycles. The van der Waals surface area contributed by atoms with Gasteiger partial charge in [-0.2, -0.15) is 0 Å². The zero-order valence-electron chi connectivity index (χ0n) is 12.1. The van der Waals surface area contributed by atoms with Crippen LogP contribution >= 0.6 is 11.6 Å². The number of carbonyl (C=O) groups excluding carboxylic acids is 1. The van der Waals surface area contributed by atoms with E-state index in [0.29, 0.717) is 28.7 Å². The molecule has 0 bridgehead atoms. The van der Waals surface area contributed by atoms with Crippen LogP contribution in [0.1, 0.15) is 16.1 Å². The average Bonchev–Trinajstić information content (AvgIpc) is 3.03. The first-order valence-electron chi connectivity index (χ1n) is 6.96. The smallest absolute Gasteiger partial charge is 0.273 e. The molecule has 3 aromatic rings. The van der Waals surface area contributed by atoms with E-state index in [1.807, 2.05) is 24.3 Å². The Bertz CT molecular complexity index is 845. The predicted octanol–water partition coefficient (Wildman–Crippen LogP) is 3.51. The number of para-hydroxylation sites is 1. The molecule has 0 atom stereocenters. The standard InChI is InChI=1S/C17H14ClN3O2/c18-12-5-3-4-11(8-12)9-20-16(22)15-10-23-17(21-15)13-6-1-2-7-14(13)19/h1-8,10H,9,19H2,(H,20,22). The molecular formula is C17H14ClN3O2. The normalized spacial score (nSPS) is 10.5. The fourth-order valence-corrected chi connectivity index (χ4v) is 2.33. The summed E-state index contributed by atoms with van der Waals surface area (Å²) < 4.78 is 5.35. The molecule has 3 N–H and O–H groups in total. The number of amides is 1. The second-order valence-electron chi connectivity index (χ2n) is 4.94. The van der Waals surface area contributed by atoms with Crippen molar-refractivity contribution in [3.8, 4) is 11.5 Å². The van der Waals surface area contributed by atoms with Crippen molar-refractivity contribution in [3.05, 3.63) is 71.1 Å². The van der Waals surface area contributed by atoms with Crippen molar-refractivity contribution in [2.45, 2.75) is 6.54 Å². The van der Waals surface area contributed by atoms with E-state index >= 15 is 0 Å². The molecule has 5 nitrogen and oxygen atoms in total. The molecule has 0 fully saturated rings. The third-order valence-corrected chi connectivity index (χ3v) is 3.51. The van der Waals surface area contributed by atoms with E-state index in [0.717, 1.165) is 5.56 Å². The van der Waals surface area contributed by atoms with Gasteiger partial charge in [-0.1, -0.05) is 35.9 Å². The number of rotatable bonds is 4. The lowest BCUT2D eigenvalue weighted by atomic mass is 10.2.